The molecule has 0 aliphatic carbocycles. The third-order valence-corrected chi connectivity index (χ3v) is 4.57. The standard InChI is InChI=1S/C21H35N3O3.HI/c1-17(2)19-5-7-20(8-6-19)27-14-11-24-21(22-3)23-10-4-12-25-15-18-9-13-26-16-18;/h5-8,17-18H,4,9-16H2,1-3H3,(H2,22,23,24);1H. The van der Waals surface area contributed by atoms with Crippen molar-refractivity contribution in [2.45, 2.75) is 32.6 Å². The number of ether oxygens (including phenoxy) is 3. The first-order valence-electron chi connectivity index (χ1n) is 10.0. The highest BCUT2D eigenvalue weighted by molar-refractivity contribution is 14.0. The second kappa shape index (κ2) is 14.9. The number of hydrogen-bond acceptors (Lipinski definition) is 4. The predicted octanol–water partition coefficient (Wildman–Crippen LogP) is 3.42. The van der Waals surface area contributed by atoms with Gasteiger partial charge in [0.05, 0.1) is 19.8 Å². The van der Waals surface area contributed by atoms with Gasteiger partial charge < -0.3 is 24.8 Å². The Hall–Kier alpha value is -1.06. The van der Waals surface area contributed by atoms with Crippen LogP contribution in [0.5, 0.6) is 5.75 Å². The van der Waals surface area contributed by atoms with E-state index in [2.05, 4.69) is 41.6 Å². The van der Waals surface area contributed by atoms with Crippen molar-refractivity contribution in [3.63, 3.8) is 0 Å². The molecule has 7 heteroatoms. The molecular formula is C21H36IN3O3. The molecule has 2 rings (SSSR count). The maximum absolute atomic E-state index is 5.77. The molecule has 1 fully saturated rings. The summed E-state index contributed by atoms with van der Waals surface area (Å²) in [6, 6.07) is 8.30. The fourth-order valence-electron chi connectivity index (χ4n) is 2.85. The third kappa shape index (κ3) is 9.93. The van der Waals surface area contributed by atoms with Crippen molar-refractivity contribution in [1.82, 2.24) is 10.6 Å². The van der Waals surface area contributed by atoms with Crippen LogP contribution in [0.3, 0.4) is 0 Å². The second-order valence-electron chi connectivity index (χ2n) is 7.16. The number of nitrogens with zero attached hydrogens (tertiary/aromatic N) is 1. The molecule has 0 spiro atoms. The second-order valence-corrected chi connectivity index (χ2v) is 7.16. The topological polar surface area (TPSA) is 64.1 Å². The third-order valence-electron chi connectivity index (χ3n) is 4.57. The molecule has 1 aliphatic heterocycles. The van der Waals surface area contributed by atoms with Crippen LogP contribution in [0.1, 0.15) is 38.2 Å². The summed E-state index contributed by atoms with van der Waals surface area (Å²) in [4.78, 5) is 4.23. The normalized spacial score (nSPS) is 16.7. The van der Waals surface area contributed by atoms with Crippen LogP contribution in [0, 0.1) is 5.92 Å². The van der Waals surface area contributed by atoms with E-state index in [0.717, 1.165) is 57.5 Å². The van der Waals surface area contributed by atoms with E-state index in [4.69, 9.17) is 14.2 Å². The Morgan fingerprint density at radius 2 is 1.93 bits per heavy atom. The van der Waals surface area contributed by atoms with E-state index in [1.165, 1.54) is 5.56 Å². The summed E-state index contributed by atoms with van der Waals surface area (Å²) < 4.78 is 16.8. The van der Waals surface area contributed by atoms with Gasteiger partial charge >= 0.3 is 0 Å². The monoisotopic (exact) mass is 505 g/mol. The molecule has 1 heterocycles. The van der Waals surface area contributed by atoms with Crippen molar-refractivity contribution in [3.8, 4) is 5.75 Å². The molecular weight excluding hydrogens is 469 g/mol. The number of nitrogens with one attached hydrogen (secondary N) is 2. The van der Waals surface area contributed by atoms with E-state index >= 15 is 0 Å². The first kappa shape index (κ1) is 25.0. The molecule has 1 unspecified atom stereocenters. The molecule has 28 heavy (non-hydrogen) atoms. The maximum atomic E-state index is 5.77. The summed E-state index contributed by atoms with van der Waals surface area (Å²) in [7, 11) is 1.78. The fourth-order valence-corrected chi connectivity index (χ4v) is 2.85. The number of guanidine groups is 1. The SMILES string of the molecule is CN=C(NCCCOCC1CCOC1)NCCOc1ccc(C(C)C)cc1.I. The lowest BCUT2D eigenvalue weighted by Crippen LogP contribution is -2.39. The molecule has 1 aromatic rings. The van der Waals surface area contributed by atoms with Crippen LogP contribution >= 0.6 is 24.0 Å². The number of halogens is 1. The van der Waals surface area contributed by atoms with Gasteiger partial charge in [-0.1, -0.05) is 26.0 Å². The van der Waals surface area contributed by atoms with Crippen LogP contribution in [0.4, 0.5) is 0 Å². The minimum Gasteiger partial charge on any atom is -0.492 e. The molecule has 1 saturated heterocycles. The van der Waals surface area contributed by atoms with Crippen LogP contribution in [0.15, 0.2) is 29.3 Å². The van der Waals surface area contributed by atoms with Gasteiger partial charge in [0.15, 0.2) is 5.96 Å². The largest absolute Gasteiger partial charge is 0.492 e. The molecule has 2 N–H and O–H groups in total. The highest BCUT2D eigenvalue weighted by Gasteiger charge is 2.15. The van der Waals surface area contributed by atoms with Gasteiger partial charge in [-0.2, -0.15) is 0 Å². The molecule has 0 bridgehead atoms. The number of benzene rings is 1. The molecule has 1 aromatic carbocycles. The van der Waals surface area contributed by atoms with Gasteiger partial charge in [-0.15, -0.1) is 24.0 Å². The molecule has 0 radical (unpaired) electrons. The summed E-state index contributed by atoms with van der Waals surface area (Å²) in [6.45, 7) is 9.79. The van der Waals surface area contributed by atoms with E-state index < -0.39 is 0 Å². The van der Waals surface area contributed by atoms with Gasteiger partial charge in [0, 0.05) is 32.7 Å². The van der Waals surface area contributed by atoms with E-state index in [1.54, 1.807) is 7.05 Å². The summed E-state index contributed by atoms with van der Waals surface area (Å²) in [5.41, 5.74) is 1.32. The van der Waals surface area contributed by atoms with Crippen LogP contribution in [-0.4, -0.2) is 59.1 Å². The van der Waals surface area contributed by atoms with Gasteiger partial charge in [0.25, 0.3) is 0 Å². The van der Waals surface area contributed by atoms with Crippen LogP contribution in [0.2, 0.25) is 0 Å². The molecule has 1 atom stereocenters. The summed E-state index contributed by atoms with van der Waals surface area (Å²) in [5.74, 6) is 2.80. The minimum atomic E-state index is 0. The van der Waals surface area contributed by atoms with Crippen molar-refractivity contribution in [3.05, 3.63) is 29.8 Å². The van der Waals surface area contributed by atoms with Gasteiger partial charge in [0.2, 0.25) is 0 Å². The van der Waals surface area contributed by atoms with E-state index in [0.29, 0.717) is 25.0 Å². The Balaban J connectivity index is 0.00000392. The Kier molecular flexibility index (Phi) is 13.3. The lowest BCUT2D eigenvalue weighted by Gasteiger charge is -2.13. The molecule has 160 valence electrons. The lowest BCUT2D eigenvalue weighted by molar-refractivity contribution is 0.0888. The molecule has 0 saturated carbocycles. The number of rotatable bonds is 11. The Morgan fingerprint density at radius 3 is 2.57 bits per heavy atom. The predicted molar refractivity (Wildman–Crippen MR) is 125 cm³/mol. The highest BCUT2D eigenvalue weighted by Crippen LogP contribution is 2.18. The summed E-state index contributed by atoms with van der Waals surface area (Å²) in [6.07, 6.45) is 2.08. The van der Waals surface area contributed by atoms with Crippen molar-refractivity contribution in [1.29, 1.82) is 0 Å². The zero-order chi connectivity index (χ0) is 19.3. The fraction of sp³-hybridized carbons (Fsp3) is 0.667. The van der Waals surface area contributed by atoms with Gasteiger partial charge in [0.1, 0.15) is 12.4 Å². The summed E-state index contributed by atoms with van der Waals surface area (Å²) in [5, 5.41) is 6.56. The van der Waals surface area contributed by atoms with Crippen molar-refractivity contribution >= 4 is 29.9 Å². The van der Waals surface area contributed by atoms with Crippen LogP contribution < -0.4 is 15.4 Å². The Morgan fingerprint density at radius 1 is 1.18 bits per heavy atom. The quantitative estimate of drug-likeness (QED) is 0.209. The number of hydrogen-bond donors (Lipinski definition) is 2. The Bertz CT molecular complexity index is 546. The Labute approximate surface area is 186 Å². The van der Waals surface area contributed by atoms with E-state index in [9.17, 15) is 0 Å². The van der Waals surface area contributed by atoms with Gasteiger partial charge in [-0.05, 0) is 36.5 Å². The van der Waals surface area contributed by atoms with Gasteiger partial charge in [-0.25, -0.2) is 0 Å². The number of aliphatic imine (C=N–C) groups is 1. The van der Waals surface area contributed by atoms with Crippen LogP contribution in [0.25, 0.3) is 0 Å². The summed E-state index contributed by atoms with van der Waals surface area (Å²) >= 11 is 0. The van der Waals surface area contributed by atoms with Crippen LogP contribution in [-0.2, 0) is 9.47 Å². The minimum absolute atomic E-state index is 0. The first-order chi connectivity index (χ1) is 13.2. The molecule has 0 amide bonds. The van der Waals surface area contributed by atoms with Gasteiger partial charge in [-0.3, -0.25) is 4.99 Å². The highest BCUT2D eigenvalue weighted by atomic mass is 127. The molecule has 6 nitrogen and oxygen atoms in total. The average Bonchev–Trinajstić information content (AvgIpc) is 3.20. The average molecular weight is 505 g/mol. The first-order valence-corrected chi connectivity index (χ1v) is 10.0. The van der Waals surface area contributed by atoms with Crippen molar-refractivity contribution < 1.29 is 14.2 Å². The van der Waals surface area contributed by atoms with Crippen molar-refractivity contribution in [2.24, 2.45) is 10.9 Å². The zero-order valence-corrected chi connectivity index (χ0v) is 19.7. The van der Waals surface area contributed by atoms with Crippen molar-refractivity contribution in [2.75, 3.05) is 53.2 Å². The van der Waals surface area contributed by atoms with E-state index in [1.807, 2.05) is 12.1 Å². The lowest BCUT2D eigenvalue weighted by atomic mass is 10.0. The smallest absolute Gasteiger partial charge is 0.191 e. The van der Waals surface area contributed by atoms with E-state index in [-0.39, 0.29) is 24.0 Å². The molecule has 1 aliphatic rings. The maximum Gasteiger partial charge on any atom is 0.191 e. The zero-order valence-electron chi connectivity index (χ0n) is 17.4. The molecule has 0 aromatic heterocycles.